The second-order valence-corrected chi connectivity index (χ2v) is 6.83. The zero-order valence-electron chi connectivity index (χ0n) is 14.4. The van der Waals surface area contributed by atoms with Crippen LogP contribution in [-0.4, -0.2) is 42.1 Å². The van der Waals surface area contributed by atoms with Gasteiger partial charge in [0, 0.05) is 30.9 Å². The van der Waals surface area contributed by atoms with Gasteiger partial charge in [0.25, 0.3) is 5.91 Å². The smallest absolute Gasteiger partial charge is 0.255 e. The van der Waals surface area contributed by atoms with E-state index in [-0.39, 0.29) is 5.91 Å². The van der Waals surface area contributed by atoms with Crippen LogP contribution in [0.1, 0.15) is 35.5 Å². The zero-order chi connectivity index (χ0) is 17.4. The zero-order valence-corrected chi connectivity index (χ0v) is 14.4. The highest BCUT2D eigenvalue weighted by molar-refractivity contribution is 5.96. The first-order valence-electron chi connectivity index (χ1n) is 8.50. The molecule has 0 bridgehead atoms. The Morgan fingerprint density at radius 3 is 2.96 bits per heavy atom. The third kappa shape index (κ3) is 2.97. The van der Waals surface area contributed by atoms with Gasteiger partial charge in [0.1, 0.15) is 6.33 Å². The predicted octanol–water partition coefficient (Wildman–Crippen LogP) is 2.08. The summed E-state index contributed by atoms with van der Waals surface area (Å²) < 4.78 is 1.89. The second-order valence-electron chi connectivity index (χ2n) is 6.83. The van der Waals surface area contributed by atoms with Crippen LogP contribution in [0.2, 0.25) is 0 Å². The lowest BCUT2D eigenvalue weighted by molar-refractivity contribution is 0.0731. The van der Waals surface area contributed by atoms with Crippen molar-refractivity contribution in [2.75, 3.05) is 6.54 Å². The topological polar surface area (TPSA) is 76.8 Å². The molecule has 0 saturated heterocycles. The van der Waals surface area contributed by atoms with Crippen molar-refractivity contribution in [2.24, 2.45) is 5.92 Å². The summed E-state index contributed by atoms with van der Waals surface area (Å²) in [6, 6.07) is 1.88. The van der Waals surface area contributed by atoms with E-state index in [1.54, 1.807) is 12.4 Å². The fourth-order valence-electron chi connectivity index (χ4n) is 3.17. The third-order valence-electron chi connectivity index (χ3n) is 4.42. The molecule has 0 fully saturated rings. The monoisotopic (exact) mass is 336 g/mol. The Morgan fingerprint density at radius 1 is 1.24 bits per heavy atom. The number of pyridine rings is 1. The van der Waals surface area contributed by atoms with Crippen molar-refractivity contribution in [1.29, 1.82) is 0 Å². The van der Waals surface area contributed by atoms with Crippen LogP contribution in [0.3, 0.4) is 0 Å². The van der Waals surface area contributed by atoms with E-state index in [1.807, 2.05) is 21.8 Å². The first-order chi connectivity index (χ1) is 12.1. The van der Waals surface area contributed by atoms with Gasteiger partial charge in [0.15, 0.2) is 5.65 Å². The average Bonchev–Trinajstić information content (AvgIpc) is 3.02. The van der Waals surface area contributed by atoms with Crippen LogP contribution in [0.15, 0.2) is 31.0 Å². The molecular weight excluding hydrogens is 316 g/mol. The number of fused-ring (bicyclic) bond motifs is 2. The lowest BCUT2D eigenvalue weighted by Gasteiger charge is -2.27. The van der Waals surface area contributed by atoms with E-state index in [1.165, 1.54) is 6.33 Å². The Balaban J connectivity index is 1.58. The number of aromatic nitrogens is 5. The molecule has 0 unspecified atom stereocenters. The van der Waals surface area contributed by atoms with Crippen LogP contribution in [0, 0.1) is 5.92 Å². The third-order valence-corrected chi connectivity index (χ3v) is 4.42. The molecule has 1 amide bonds. The normalized spacial score (nSPS) is 14.1. The molecule has 3 aromatic heterocycles. The first-order valence-corrected chi connectivity index (χ1v) is 8.50. The molecule has 1 aliphatic rings. The van der Waals surface area contributed by atoms with Gasteiger partial charge in [0.05, 0.1) is 24.0 Å². The van der Waals surface area contributed by atoms with Crippen molar-refractivity contribution in [3.63, 3.8) is 0 Å². The van der Waals surface area contributed by atoms with Crippen LogP contribution >= 0.6 is 0 Å². The van der Waals surface area contributed by atoms with Gasteiger partial charge in [-0.2, -0.15) is 5.10 Å². The van der Waals surface area contributed by atoms with Gasteiger partial charge in [-0.05, 0) is 24.0 Å². The van der Waals surface area contributed by atoms with E-state index < -0.39 is 0 Å². The second kappa shape index (κ2) is 6.23. The predicted molar refractivity (Wildman–Crippen MR) is 92.8 cm³/mol. The van der Waals surface area contributed by atoms with Crippen LogP contribution in [0.5, 0.6) is 0 Å². The van der Waals surface area contributed by atoms with Gasteiger partial charge >= 0.3 is 0 Å². The number of hydrogen-bond donors (Lipinski definition) is 0. The highest BCUT2D eigenvalue weighted by Gasteiger charge is 2.23. The summed E-state index contributed by atoms with van der Waals surface area (Å²) in [6.07, 6.45) is 7.58. The molecule has 7 nitrogen and oxygen atoms in total. The van der Waals surface area contributed by atoms with E-state index in [4.69, 9.17) is 0 Å². The highest BCUT2D eigenvalue weighted by Crippen LogP contribution is 2.20. The van der Waals surface area contributed by atoms with Gasteiger partial charge in [-0.1, -0.05) is 13.8 Å². The van der Waals surface area contributed by atoms with E-state index in [0.29, 0.717) is 24.6 Å². The maximum Gasteiger partial charge on any atom is 0.255 e. The van der Waals surface area contributed by atoms with Crippen molar-refractivity contribution in [3.8, 4) is 0 Å². The fraction of sp³-hybridized carbons (Fsp3) is 0.389. The summed E-state index contributed by atoms with van der Waals surface area (Å²) in [4.78, 5) is 27.5. The maximum absolute atomic E-state index is 12.9. The Bertz CT molecular complexity index is 932. The van der Waals surface area contributed by atoms with E-state index in [9.17, 15) is 4.79 Å². The van der Waals surface area contributed by atoms with Gasteiger partial charge in [-0.25, -0.2) is 19.6 Å². The standard InChI is InChI=1S/C18H20N6O/c1-12(2)9-24-17-14(8-22-24)5-15(7-20-17)18(25)23-4-3-13-6-19-11-21-16(13)10-23/h5-8,11-12H,3-4,9-10H2,1-2H3. The van der Waals surface area contributed by atoms with Crippen LogP contribution in [0.4, 0.5) is 0 Å². The molecule has 1 aliphatic heterocycles. The van der Waals surface area contributed by atoms with Crippen molar-refractivity contribution < 1.29 is 4.79 Å². The van der Waals surface area contributed by atoms with Gasteiger partial charge in [-0.3, -0.25) is 4.79 Å². The summed E-state index contributed by atoms with van der Waals surface area (Å²) in [5, 5.41) is 5.29. The van der Waals surface area contributed by atoms with E-state index in [2.05, 4.69) is 33.9 Å². The Kier molecular flexibility index (Phi) is 3.91. The molecule has 0 saturated carbocycles. The SMILES string of the molecule is CC(C)Cn1ncc2cc(C(=O)N3CCc4cncnc4C3)cnc21. The lowest BCUT2D eigenvalue weighted by Crippen LogP contribution is -2.36. The molecule has 0 N–H and O–H groups in total. The van der Waals surface area contributed by atoms with E-state index in [0.717, 1.165) is 35.3 Å². The van der Waals surface area contributed by atoms with E-state index >= 15 is 0 Å². The Labute approximate surface area is 145 Å². The minimum Gasteiger partial charge on any atom is -0.332 e. The number of carbonyl (C=O) groups is 1. The van der Waals surface area contributed by atoms with Crippen LogP contribution in [0.25, 0.3) is 11.0 Å². The minimum atomic E-state index is -0.0183. The largest absolute Gasteiger partial charge is 0.332 e. The molecule has 25 heavy (non-hydrogen) atoms. The molecule has 4 rings (SSSR count). The summed E-state index contributed by atoms with van der Waals surface area (Å²) in [5.41, 5.74) is 3.46. The maximum atomic E-state index is 12.9. The highest BCUT2D eigenvalue weighted by atomic mass is 16.2. The quantitative estimate of drug-likeness (QED) is 0.732. The number of rotatable bonds is 3. The molecule has 0 atom stereocenters. The first kappa shape index (κ1) is 15.7. The van der Waals surface area contributed by atoms with Crippen molar-refractivity contribution in [3.05, 3.63) is 47.8 Å². The Morgan fingerprint density at radius 2 is 2.12 bits per heavy atom. The molecule has 3 aromatic rings. The van der Waals surface area contributed by atoms with Crippen LogP contribution < -0.4 is 0 Å². The molecule has 7 heteroatoms. The molecule has 128 valence electrons. The summed E-state index contributed by atoms with van der Waals surface area (Å²) in [6.45, 7) is 6.28. The number of amides is 1. The number of carbonyl (C=O) groups excluding carboxylic acids is 1. The van der Waals surface area contributed by atoms with Crippen LogP contribution in [-0.2, 0) is 19.5 Å². The molecule has 4 heterocycles. The summed E-state index contributed by atoms with van der Waals surface area (Å²) in [5.74, 6) is 0.469. The van der Waals surface area contributed by atoms with Crippen molar-refractivity contribution in [1.82, 2.24) is 29.6 Å². The molecular formula is C18H20N6O. The van der Waals surface area contributed by atoms with Gasteiger partial charge in [-0.15, -0.1) is 0 Å². The average molecular weight is 336 g/mol. The van der Waals surface area contributed by atoms with Gasteiger partial charge < -0.3 is 4.90 Å². The lowest BCUT2D eigenvalue weighted by atomic mass is 10.1. The molecule has 0 aromatic carbocycles. The van der Waals surface area contributed by atoms with Crippen molar-refractivity contribution >= 4 is 16.9 Å². The molecule has 0 aliphatic carbocycles. The summed E-state index contributed by atoms with van der Waals surface area (Å²) >= 11 is 0. The summed E-state index contributed by atoms with van der Waals surface area (Å²) in [7, 11) is 0. The number of nitrogens with zero attached hydrogens (tertiary/aromatic N) is 6. The molecule has 0 radical (unpaired) electrons. The fourth-order valence-corrected chi connectivity index (χ4v) is 3.17. The van der Waals surface area contributed by atoms with Crippen molar-refractivity contribution in [2.45, 2.75) is 33.4 Å². The van der Waals surface area contributed by atoms with Gasteiger partial charge in [0.2, 0.25) is 0 Å². The Hall–Kier alpha value is -2.83. The number of hydrogen-bond acceptors (Lipinski definition) is 5. The molecule has 0 spiro atoms. The minimum absolute atomic E-state index is 0.0183.